The van der Waals surface area contributed by atoms with Crippen molar-refractivity contribution in [2.45, 2.75) is 96.5 Å². The van der Waals surface area contributed by atoms with Crippen LogP contribution in [-0.2, 0) is 22.2 Å². The molecule has 0 saturated heterocycles. The van der Waals surface area contributed by atoms with Gasteiger partial charge in [0.1, 0.15) is 17.2 Å². The molecule has 0 unspecified atom stereocenters. The van der Waals surface area contributed by atoms with Crippen molar-refractivity contribution in [2.24, 2.45) is 5.92 Å². The van der Waals surface area contributed by atoms with E-state index in [4.69, 9.17) is 25.5 Å². The number of amides is 1. The number of methoxy groups -OCH3 is 1. The monoisotopic (exact) mass is 775 g/mol. The lowest BCUT2D eigenvalue weighted by Crippen LogP contribution is -2.43. The smallest absolute Gasteiger partial charge is 0.314 e. The molecule has 1 aliphatic carbocycles. The van der Waals surface area contributed by atoms with Crippen molar-refractivity contribution in [3.05, 3.63) is 98.3 Å². The third-order valence-corrected chi connectivity index (χ3v) is 15.5. The molecule has 3 aromatic carbocycles. The summed E-state index contributed by atoms with van der Waals surface area (Å²) in [5.74, 6) is 0.619. The van der Waals surface area contributed by atoms with Crippen molar-refractivity contribution in [3.63, 3.8) is 0 Å². The van der Waals surface area contributed by atoms with Crippen molar-refractivity contribution in [1.29, 1.82) is 0 Å². The number of H-pyrrole nitrogens is 1. The number of halogens is 1. The van der Waals surface area contributed by atoms with Gasteiger partial charge in [-0.2, -0.15) is 0 Å². The van der Waals surface area contributed by atoms with Crippen LogP contribution >= 0.6 is 11.6 Å². The van der Waals surface area contributed by atoms with E-state index in [1.807, 2.05) is 30.3 Å². The van der Waals surface area contributed by atoms with Gasteiger partial charge in [-0.05, 0) is 91.3 Å². The average Bonchev–Trinajstić information content (AvgIpc) is 3.13. The number of aromatic hydroxyl groups is 1. The molecule has 1 aromatic heterocycles. The van der Waals surface area contributed by atoms with Gasteiger partial charge in [0, 0.05) is 36.7 Å². The highest BCUT2D eigenvalue weighted by molar-refractivity contribution is 6.74. The number of carbonyl (C=O) groups is 2. The Morgan fingerprint density at radius 3 is 2.52 bits per heavy atom. The summed E-state index contributed by atoms with van der Waals surface area (Å²) < 4.78 is 18.3. The Balaban J connectivity index is 1.20. The maximum absolute atomic E-state index is 13.2. The van der Waals surface area contributed by atoms with Crippen LogP contribution in [0.5, 0.6) is 17.2 Å². The summed E-state index contributed by atoms with van der Waals surface area (Å²) in [5, 5.41) is 17.9. The number of pyridine rings is 1. The largest absolute Gasteiger partial charge is 0.506 e. The second-order valence-electron chi connectivity index (χ2n) is 15.7. The van der Waals surface area contributed by atoms with Crippen LogP contribution < -0.4 is 25.7 Å². The fourth-order valence-electron chi connectivity index (χ4n) is 6.61. The van der Waals surface area contributed by atoms with Gasteiger partial charge in [0.15, 0.2) is 8.32 Å². The van der Waals surface area contributed by atoms with Gasteiger partial charge in [-0.25, -0.2) is 0 Å². The molecule has 10 nitrogen and oxygen atoms in total. The van der Waals surface area contributed by atoms with Crippen LogP contribution in [0.1, 0.15) is 92.4 Å². The van der Waals surface area contributed by atoms with Crippen molar-refractivity contribution in [3.8, 4) is 17.2 Å². The lowest BCUT2D eigenvalue weighted by molar-refractivity contribution is -0.140. The minimum atomic E-state index is -2.27. The molecule has 0 bridgehead atoms. The summed E-state index contributed by atoms with van der Waals surface area (Å²) in [6.07, 6.45) is 6.12. The first-order chi connectivity index (χ1) is 25.7. The fraction of sp³-hybridized carbons (Fsp3) is 0.452. The van der Waals surface area contributed by atoms with E-state index in [9.17, 15) is 19.5 Å². The molecule has 0 radical (unpaired) electrons. The summed E-state index contributed by atoms with van der Waals surface area (Å²) in [7, 11) is -0.712. The molecule has 1 fully saturated rings. The molecule has 1 saturated carbocycles. The number of nitrogens with one attached hydrogen (secondary N) is 3. The molecule has 4 aromatic rings. The first-order valence-electron chi connectivity index (χ1n) is 18.9. The van der Waals surface area contributed by atoms with E-state index in [0.717, 1.165) is 42.4 Å². The van der Waals surface area contributed by atoms with E-state index in [-0.39, 0.29) is 34.1 Å². The number of fused-ring (bicyclic) bond motifs is 1. The average molecular weight is 776 g/mol. The Kier molecular flexibility index (Phi) is 13.7. The summed E-state index contributed by atoms with van der Waals surface area (Å²) in [6.45, 7) is 12.1. The Morgan fingerprint density at radius 1 is 1.04 bits per heavy atom. The highest BCUT2D eigenvalue weighted by Crippen LogP contribution is 2.41. The molecule has 1 aliphatic rings. The number of aromatic nitrogens is 1. The van der Waals surface area contributed by atoms with E-state index >= 15 is 0 Å². The number of hydrogen-bond acceptors (Lipinski definition) is 8. The molecule has 4 N–H and O–H groups in total. The Morgan fingerprint density at radius 2 is 1.80 bits per heavy atom. The topological polar surface area (TPSA) is 139 Å². The van der Waals surface area contributed by atoms with E-state index in [1.54, 1.807) is 31.4 Å². The van der Waals surface area contributed by atoms with Gasteiger partial charge >= 0.3 is 5.97 Å². The molecule has 1 atom stereocenters. The Labute approximate surface area is 324 Å². The number of esters is 1. The van der Waals surface area contributed by atoms with Gasteiger partial charge in [-0.15, -0.1) is 0 Å². The summed E-state index contributed by atoms with van der Waals surface area (Å²) in [4.78, 5) is 40.7. The number of phenolic OH excluding ortho intramolecular Hbond substituents is 1. The maximum Gasteiger partial charge on any atom is 0.314 e. The number of rotatable bonds is 15. The molecule has 290 valence electrons. The molecule has 1 amide bonds. The molecular formula is C42H54ClN3O7Si. The second-order valence-corrected chi connectivity index (χ2v) is 20.9. The van der Waals surface area contributed by atoms with Crippen LogP contribution in [0.25, 0.3) is 10.9 Å². The lowest BCUT2D eigenvalue weighted by atomic mass is 9.89. The van der Waals surface area contributed by atoms with Crippen LogP contribution in [-0.4, -0.2) is 50.5 Å². The lowest BCUT2D eigenvalue weighted by Gasteiger charge is -2.39. The van der Waals surface area contributed by atoms with Crippen molar-refractivity contribution in [1.82, 2.24) is 15.6 Å². The number of carbonyl (C=O) groups excluding carboxylic acids is 2. The first kappa shape index (κ1) is 41.0. The minimum absolute atomic E-state index is 0.00662. The van der Waals surface area contributed by atoms with Crippen molar-refractivity contribution < 1.29 is 28.6 Å². The number of hydrogen-bond donors (Lipinski definition) is 4. The van der Waals surface area contributed by atoms with Crippen LogP contribution in [0.4, 0.5) is 0 Å². The van der Waals surface area contributed by atoms with E-state index in [1.165, 1.54) is 12.5 Å². The van der Waals surface area contributed by atoms with Gasteiger partial charge in [-0.1, -0.05) is 69.8 Å². The normalized spacial score (nSPS) is 14.5. The zero-order chi connectivity index (χ0) is 39.0. The van der Waals surface area contributed by atoms with Crippen LogP contribution in [0.2, 0.25) is 23.2 Å². The Hall–Kier alpha value is -4.16. The molecule has 1 heterocycles. The molecule has 12 heteroatoms. The van der Waals surface area contributed by atoms with Crippen LogP contribution in [0.3, 0.4) is 0 Å². The van der Waals surface area contributed by atoms with Gasteiger partial charge in [0.2, 0.25) is 5.56 Å². The highest BCUT2D eigenvalue weighted by Gasteiger charge is 2.40. The van der Waals surface area contributed by atoms with Crippen molar-refractivity contribution >= 4 is 42.7 Å². The fourth-order valence-corrected chi connectivity index (χ4v) is 8.16. The third-order valence-electron chi connectivity index (χ3n) is 10.7. The first-order valence-corrected chi connectivity index (χ1v) is 22.1. The predicted molar refractivity (Wildman–Crippen MR) is 216 cm³/mol. The van der Waals surface area contributed by atoms with E-state index in [2.05, 4.69) is 49.5 Å². The SMILES string of the molecule is COc1cc(C(=O)NCCCc2cccc(OC(=O)C3CCCCC3)c2)c(Cl)cc1CNC[C@H](O[Si](C)(C)C(C)(C)C)c1ccc(O)c2[nH]c(=O)ccc12. The van der Waals surface area contributed by atoms with Crippen molar-refractivity contribution in [2.75, 3.05) is 20.2 Å². The van der Waals surface area contributed by atoms with Gasteiger partial charge in [-0.3, -0.25) is 14.4 Å². The number of aromatic amines is 1. The minimum Gasteiger partial charge on any atom is -0.506 e. The standard InChI is InChI=1S/C42H54ClN3O7Si/c1-42(2,3)54(5,6)53-37(31-17-19-35(47)39-32(31)18-20-38(48)46-39)26-44-25-29-23-34(43)33(24-36(29)51-4)40(49)45-21-11-13-27-12-10-16-30(22-27)52-41(50)28-14-8-7-9-15-28/h10,12,16-20,22-24,28,37,44,47H,7-9,11,13-15,21,25-26H2,1-6H3,(H,45,49)(H,46,48)/t37-/m0/s1. The third kappa shape index (κ3) is 10.3. The number of phenols is 1. The molecule has 0 spiro atoms. The van der Waals surface area contributed by atoms with E-state index in [0.29, 0.717) is 65.5 Å². The zero-order valence-electron chi connectivity index (χ0n) is 32.3. The quantitative estimate of drug-likeness (QED) is 0.0408. The molecule has 0 aliphatic heterocycles. The maximum atomic E-state index is 13.2. The Bertz CT molecular complexity index is 2000. The summed E-state index contributed by atoms with van der Waals surface area (Å²) >= 11 is 6.69. The van der Waals surface area contributed by atoms with Gasteiger partial charge in [0.05, 0.1) is 35.2 Å². The van der Waals surface area contributed by atoms with E-state index < -0.39 is 14.4 Å². The molecule has 5 rings (SSSR count). The van der Waals surface area contributed by atoms with Gasteiger partial charge < -0.3 is 34.6 Å². The molecule has 54 heavy (non-hydrogen) atoms. The number of aryl methyl sites for hydroxylation is 1. The zero-order valence-corrected chi connectivity index (χ0v) is 34.0. The number of ether oxygens (including phenoxy) is 2. The van der Waals surface area contributed by atoms with Crippen LogP contribution in [0.15, 0.2) is 65.5 Å². The van der Waals surface area contributed by atoms with Crippen LogP contribution in [0, 0.1) is 5.92 Å². The molecular weight excluding hydrogens is 722 g/mol. The summed E-state index contributed by atoms with van der Waals surface area (Å²) in [6, 6.07) is 17.6. The predicted octanol–water partition coefficient (Wildman–Crippen LogP) is 8.60. The summed E-state index contributed by atoms with van der Waals surface area (Å²) in [5.41, 5.74) is 3.03. The second kappa shape index (κ2) is 18.0. The van der Waals surface area contributed by atoms with Gasteiger partial charge in [0.25, 0.3) is 5.91 Å². The number of benzene rings is 3. The highest BCUT2D eigenvalue weighted by atomic mass is 35.5.